The van der Waals surface area contributed by atoms with Gasteiger partial charge in [0.15, 0.2) is 0 Å². The van der Waals surface area contributed by atoms with E-state index in [1.807, 2.05) is 0 Å². The van der Waals surface area contributed by atoms with E-state index in [2.05, 4.69) is 11.9 Å². The third kappa shape index (κ3) is 2.75. The zero-order valence-electron chi connectivity index (χ0n) is 9.72. The predicted octanol–water partition coefficient (Wildman–Crippen LogP) is 1.09. The van der Waals surface area contributed by atoms with Gasteiger partial charge in [-0.05, 0) is 6.42 Å². The predicted molar refractivity (Wildman–Crippen MR) is 62.6 cm³/mol. The van der Waals surface area contributed by atoms with Crippen molar-refractivity contribution in [1.82, 2.24) is 5.32 Å². The largest absolute Gasteiger partial charge is 0.468 e. The second-order valence-electron chi connectivity index (χ2n) is 4.08. The third-order valence-corrected chi connectivity index (χ3v) is 3.27. The van der Waals surface area contributed by atoms with Gasteiger partial charge < -0.3 is 9.47 Å². The molecule has 1 aliphatic heterocycles. The number of ether oxygens (including phenoxy) is 2. The molecule has 0 spiro atoms. The molecule has 1 unspecified atom stereocenters. The van der Waals surface area contributed by atoms with Gasteiger partial charge >= 0.3 is 5.97 Å². The Bertz CT molecular complexity index is 282. The van der Waals surface area contributed by atoms with Crippen molar-refractivity contribution < 1.29 is 14.3 Å². The highest BCUT2D eigenvalue weighted by molar-refractivity contribution is 6.19. The second-order valence-corrected chi connectivity index (χ2v) is 4.34. The maximum Gasteiger partial charge on any atom is 0.326 e. The molecule has 0 radical (unpaired) electrons. The van der Waals surface area contributed by atoms with Crippen molar-refractivity contribution in [2.45, 2.75) is 24.5 Å². The van der Waals surface area contributed by atoms with E-state index in [0.717, 1.165) is 5.57 Å². The first kappa shape index (κ1) is 13.5. The summed E-state index contributed by atoms with van der Waals surface area (Å²) in [6.45, 7) is 4.47. The first-order chi connectivity index (χ1) is 7.57. The highest BCUT2D eigenvalue weighted by Crippen LogP contribution is 2.29. The van der Waals surface area contributed by atoms with Crippen molar-refractivity contribution >= 4 is 17.6 Å². The number of methoxy groups -OCH3 is 2. The fourth-order valence-electron chi connectivity index (χ4n) is 2.04. The summed E-state index contributed by atoms with van der Waals surface area (Å²) in [7, 11) is 3.02. The SMILES string of the molecule is C=C(CCl)CC1(C(=O)OC)C[C@H](OC)CN1. The van der Waals surface area contributed by atoms with Crippen molar-refractivity contribution in [2.75, 3.05) is 26.6 Å². The van der Waals surface area contributed by atoms with Crippen LogP contribution in [0.1, 0.15) is 12.8 Å². The molecular weight excluding hydrogens is 230 g/mol. The smallest absolute Gasteiger partial charge is 0.326 e. The molecule has 0 amide bonds. The summed E-state index contributed by atoms with van der Waals surface area (Å²) in [4.78, 5) is 11.8. The van der Waals surface area contributed by atoms with Gasteiger partial charge in [-0.15, -0.1) is 11.6 Å². The minimum atomic E-state index is -0.721. The highest BCUT2D eigenvalue weighted by atomic mass is 35.5. The summed E-state index contributed by atoms with van der Waals surface area (Å²) in [5.41, 5.74) is 0.0952. The Morgan fingerprint density at radius 2 is 2.31 bits per heavy atom. The summed E-state index contributed by atoms with van der Waals surface area (Å²) in [6.07, 6.45) is 1.11. The zero-order valence-corrected chi connectivity index (χ0v) is 10.5. The van der Waals surface area contributed by atoms with Crippen LogP contribution in [0.5, 0.6) is 0 Å². The van der Waals surface area contributed by atoms with Crippen molar-refractivity contribution in [1.29, 1.82) is 0 Å². The van der Waals surface area contributed by atoms with Crippen LogP contribution in [0, 0.1) is 0 Å². The number of rotatable bonds is 5. The number of carbonyl (C=O) groups excluding carboxylic acids is 1. The fraction of sp³-hybridized carbons (Fsp3) is 0.727. The van der Waals surface area contributed by atoms with Gasteiger partial charge in [0, 0.05) is 26.0 Å². The maximum absolute atomic E-state index is 11.8. The molecule has 92 valence electrons. The van der Waals surface area contributed by atoms with Crippen LogP contribution < -0.4 is 5.32 Å². The number of alkyl halides is 1. The van der Waals surface area contributed by atoms with Crippen LogP contribution in [0.2, 0.25) is 0 Å². The quantitative estimate of drug-likeness (QED) is 0.449. The lowest BCUT2D eigenvalue weighted by Crippen LogP contribution is -2.48. The summed E-state index contributed by atoms with van der Waals surface area (Å²) in [5.74, 6) is 0.0660. The Kier molecular flexibility index (Phi) is 4.77. The average Bonchev–Trinajstić information content (AvgIpc) is 2.72. The number of esters is 1. The lowest BCUT2D eigenvalue weighted by atomic mass is 9.89. The monoisotopic (exact) mass is 247 g/mol. The van der Waals surface area contributed by atoms with Gasteiger partial charge in [-0.3, -0.25) is 10.1 Å². The lowest BCUT2D eigenvalue weighted by molar-refractivity contribution is -0.148. The molecule has 1 rings (SSSR count). The first-order valence-corrected chi connectivity index (χ1v) is 5.70. The number of nitrogens with one attached hydrogen (secondary N) is 1. The molecule has 4 nitrogen and oxygen atoms in total. The van der Waals surface area contributed by atoms with Gasteiger partial charge in [-0.2, -0.15) is 0 Å². The molecule has 5 heteroatoms. The van der Waals surface area contributed by atoms with Gasteiger partial charge in [0.1, 0.15) is 5.54 Å². The van der Waals surface area contributed by atoms with E-state index in [1.54, 1.807) is 7.11 Å². The number of halogens is 1. The van der Waals surface area contributed by atoms with Crippen LogP contribution in [0.4, 0.5) is 0 Å². The molecule has 1 aliphatic rings. The van der Waals surface area contributed by atoms with Crippen molar-refractivity contribution in [2.24, 2.45) is 0 Å². The summed E-state index contributed by atoms with van der Waals surface area (Å²) in [6, 6.07) is 0. The molecule has 0 aromatic rings. The van der Waals surface area contributed by atoms with Gasteiger partial charge in [-0.1, -0.05) is 12.2 Å². The minimum Gasteiger partial charge on any atom is -0.468 e. The van der Waals surface area contributed by atoms with Crippen LogP contribution >= 0.6 is 11.6 Å². The Balaban J connectivity index is 2.78. The first-order valence-electron chi connectivity index (χ1n) is 5.17. The average molecular weight is 248 g/mol. The van der Waals surface area contributed by atoms with E-state index in [-0.39, 0.29) is 12.1 Å². The lowest BCUT2D eigenvalue weighted by Gasteiger charge is -2.26. The van der Waals surface area contributed by atoms with Crippen LogP contribution in [0.25, 0.3) is 0 Å². The van der Waals surface area contributed by atoms with Gasteiger partial charge in [0.2, 0.25) is 0 Å². The van der Waals surface area contributed by atoms with Crippen LogP contribution in [-0.4, -0.2) is 44.3 Å². The molecule has 0 aromatic carbocycles. The molecule has 2 atom stereocenters. The van der Waals surface area contributed by atoms with Gasteiger partial charge in [0.05, 0.1) is 13.2 Å². The molecule has 16 heavy (non-hydrogen) atoms. The van der Waals surface area contributed by atoms with E-state index in [1.165, 1.54) is 7.11 Å². The Morgan fingerprint density at radius 1 is 1.62 bits per heavy atom. The molecule has 0 aromatic heterocycles. The molecule has 1 fully saturated rings. The summed E-state index contributed by atoms with van der Waals surface area (Å²) in [5, 5.41) is 3.17. The van der Waals surface area contributed by atoms with Gasteiger partial charge in [-0.25, -0.2) is 0 Å². The third-order valence-electron chi connectivity index (χ3n) is 2.89. The Labute approximate surface area is 101 Å². The molecular formula is C11H18ClNO3. The number of hydrogen-bond acceptors (Lipinski definition) is 4. The van der Waals surface area contributed by atoms with Crippen LogP contribution in [-0.2, 0) is 14.3 Å². The maximum atomic E-state index is 11.8. The molecule has 1 heterocycles. The van der Waals surface area contributed by atoms with Crippen molar-refractivity contribution in [3.63, 3.8) is 0 Å². The van der Waals surface area contributed by atoms with E-state index < -0.39 is 5.54 Å². The van der Waals surface area contributed by atoms with Gasteiger partial charge in [0.25, 0.3) is 0 Å². The fourth-order valence-corrected chi connectivity index (χ4v) is 2.14. The Morgan fingerprint density at radius 3 is 2.75 bits per heavy atom. The van der Waals surface area contributed by atoms with Crippen LogP contribution in [0.15, 0.2) is 12.2 Å². The number of carbonyl (C=O) groups is 1. The molecule has 1 saturated heterocycles. The molecule has 1 N–H and O–H groups in total. The Hall–Kier alpha value is -0.580. The van der Waals surface area contributed by atoms with Crippen molar-refractivity contribution in [3.8, 4) is 0 Å². The van der Waals surface area contributed by atoms with E-state index in [9.17, 15) is 4.79 Å². The molecule has 0 aliphatic carbocycles. The minimum absolute atomic E-state index is 0.0298. The highest BCUT2D eigenvalue weighted by Gasteiger charge is 2.46. The normalized spacial score (nSPS) is 29.1. The van der Waals surface area contributed by atoms with E-state index in [0.29, 0.717) is 25.3 Å². The van der Waals surface area contributed by atoms with Crippen LogP contribution in [0.3, 0.4) is 0 Å². The second kappa shape index (κ2) is 5.66. The zero-order chi connectivity index (χ0) is 12.2. The molecule has 0 saturated carbocycles. The van der Waals surface area contributed by atoms with E-state index >= 15 is 0 Å². The topological polar surface area (TPSA) is 47.6 Å². The summed E-state index contributed by atoms with van der Waals surface area (Å²) < 4.78 is 10.1. The standard InChI is InChI=1S/C11H18ClNO3/c1-8(6-12)4-11(10(14)16-3)5-9(15-2)7-13-11/h9,13H,1,4-7H2,2-3H3/t9-,11?/m0/s1. The summed E-state index contributed by atoms with van der Waals surface area (Å²) >= 11 is 5.70. The van der Waals surface area contributed by atoms with E-state index in [4.69, 9.17) is 21.1 Å². The molecule has 0 bridgehead atoms. The van der Waals surface area contributed by atoms with Crippen molar-refractivity contribution in [3.05, 3.63) is 12.2 Å². The number of hydrogen-bond donors (Lipinski definition) is 1.